The number of aryl methyl sites for hydroxylation is 2. The van der Waals surface area contributed by atoms with Crippen molar-refractivity contribution in [3.05, 3.63) is 69.7 Å². The first-order chi connectivity index (χ1) is 13.2. The van der Waals surface area contributed by atoms with Crippen molar-refractivity contribution < 1.29 is 9.59 Å². The fourth-order valence-corrected chi connectivity index (χ4v) is 4.34. The van der Waals surface area contributed by atoms with E-state index in [-0.39, 0.29) is 11.6 Å². The largest absolute Gasteiger partial charge is 0.290 e. The summed E-state index contributed by atoms with van der Waals surface area (Å²) in [6.07, 6.45) is 7.37. The van der Waals surface area contributed by atoms with Crippen LogP contribution in [0.1, 0.15) is 49.9 Å². The predicted molar refractivity (Wildman–Crippen MR) is 104 cm³/mol. The molecule has 0 fully saturated rings. The number of aromatic nitrogens is 2. The third kappa shape index (κ3) is 3.93. The zero-order valence-corrected chi connectivity index (χ0v) is 15.6. The molecular weight excluding hydrogens is 360 g/mol. The molecule has 0 aliphatic heterocycles. The van der Waals surface area contributed by atoms with Crippen LogP contribution in [-0.2, 0) is 12.8 Å². The molecule has 0 radical (unpaired) electrons. The molecule has 2 aromatic heterocycles. The molecule has 2 N–H and O–H groups in total. The molecule has 0 saturated heterocycles. The lowest BCUT2D eigenvalue weighted by molar-refractivity contribution is 0.0846. The van der Waals surface area contributed by atoms with Gasteiger partial charge in [0, 0.05) is 11.1 Å². The maximum Gasteiger partial charge on any atom is 0.290 e. The Kier molecular flexibility index (Phi) is 5.02. The van der Waals surface area contributed by atoms with Gasteiger partial charge in [-0.15, -0.1) is 11.3 Å². The minimum absolute atomic E-state index is 0.237. The molecule has 1 aliphatic rings. The molecular formula is C20H20N4O2S. The fourth-order valence-electron chi connectivity index (χ4n) is 3.19. The number of hydrogen-bond acceptors (Lipinski definition) is 4. The number of hydrazine groups is 1. The SMILES string of the molecule is O=C(NNC(=O)c1cc2c(s1)CCCCC2)c1ccn(-c2ccccc2)n1. The van der Waals surface area contributed by atoms with Crippen molar-refractivity contribution in [2.75, 3.05) is 0 Å². The van der Waals surface area contributed by atoms with Gasteiger partial charge < -0.3 is 0 Å². The van der Waals surface area contributed by atoms with Crippen LogP contribution in [0.4, 0.5) is 0 Å². The van der Waals surface area contributed by atoms with E-state index in [2.05, 4.69) is 16.0 Å². The number of nitrogens with zero attached hydrogens (tertiary/aromatic N) is 2. The second-order valence-corrected chi connectivity index (χ2v) is 7.65. The molecule has 2 heterocycles. The van der Waals surface area contributed by atoms with Crippen LogP contribution in [0, 0.1) is 0 Å². The second kappa shape index (κ2) is 7.75. The van der Waals surface area contributed by atoms with Crippen molar-refractivity contribution in [2.24, 2.45) is 0 Å². The monoisotopic (exact) mass is 380 g/mol. The van der Waals surface area contributed by atoms with Crippen molar-refractivity contribution in [3.8, 4) is 5.69 Å². The number of nitrogens with one attached hydrogen (secondary N) is 2. The average molecular weight is 380 g/mol. The summed E-state index contributed by atoms with van der Waals surface area (Å²) in [7, 11) is 0. The molecule has 0 spiro atoms. The zero-order valence-electron chi connectivity index (χ0n) is 14.8. The molecule has 7 heteroatoms. The van der Waals surface area contributed by atoms with Crippen LogP contribution >= 0.6 is 11.3 Å². The summed E-state index contributed by atoms with van der Waals surface area (Å²) >= 11 is 1.52. The van der Waals surface area contributed by atoms with Gasteiger partial charge in [0.05, 0.1) is 10.6 Å². The third-order valence-corrected chi connectivity index (χ3v) is 5.84. The van der Waals surface area contributed by atoms with Crippen LogP contribution in [0.2, 0.25) is 0 Å². The summed E-state index contributed by atoms with van der Waals surface area (Å²) < 4.78 is 1.62. The van der Waals surface area contributed by atoms with Gasteiger partial charge in [-0.25, -0.2) is 4.68 Å². The first-order valence-corrected chi connectivity index (χ1v) is 9.86. The first kappa shape index (κ1) is 17.5. The van der Waals surface area contributed by atoms with Crippen molar-refractivity contribution >= 4 is 23.2 Å². The van der Waals surface area contributed by atoms with Crippen LogP contribution in [0.15, 0.2) is 48.7 Å². The van der Waals surface area contributed by atoms with Crippen molar-refractivity contribution in [1.29, 1.82) is 0 Å². The predicted octanol–water partition coefficient (Wildman–Crippen LogP) is 3.28. The minimum Gasteiger partial charge on any atom is -0.266 e. The molecule has 1 aromatic carbocycles. The number of para-hydroxylation sites is 1. The summed E-state index contributed by atoms with van der Waals surface area (Å²) in [4.78, 5) is 26.6. The van der Waals surface area contributed by atoms with E-state index in [9.17, 15) is 9.59 Å². The van der Waals surface area contributed by atoms with E-state index in [1.54, 1.807) is 16.9 Å². The standard InChI is InChI=1S/C20H20N4O2S/c25-19(16-11-12-24(23-16)15-8-4-2-5-9-15)21-22-20(26)18-13-14-7-3-1-6-10-17(14)27-18/h2,4-5,8-9,11-13H,1,3,6-7,10H2,(H,21,25)(H,22,26). The normalized spacial score (nSPS) is 13.5. The highest BCUT2D eigenvalue weighted by molar-refractivity contribution is 7.14. The molecule has 0 bridgehead atoms. The van der Waals surface area contributed by atoms with Gasteiger partial charge in [0.25, 0.3) is 11.8 Å². The molecule has 27 heavy (non-hydrogen) atoms. The Morgan fingerprint density at radius 3 is 2.59 bits per heavy atom. The maximum absolute atomic E-state index is 12.4. The number of carbonyl (C=O) groups excluding carboxylic acids is 2. The summed E-state index contributed by atoms with van der Waals surface area (Å²) in [6.45, 7) is 0. The van der Waals surface area contributed by atoms with Crippen molar-refractivity contribution in [1.82, 2.24) is 20.6 Å². The Morgan fingerprint density at radius 1 is 0.963 bits per heavy atom. The zero-order chi connectivity index (χ0) is 18.6. The summed E-state index contributed by atoms with van der Waals surface area (Å²) in [5.74, 6) is -0.736. The van der Waals surface area contributed by atoms with Crippen LogP contribution in [0.3, 0.4) is 0 Å². The van der Waals surface area contributed by atoms with Crippen LogP contribution in [-0.4, -0.2) is 21.6 Å². The van der Waals surface area contributed by atoms with Gasteiger partial charge in [0.2, 0.25) is 0 Å². The molecule has 138 valence electrons. The molecule has 4 rings (SSSR count). The fraction of sp³-hybridized carbons (Fsp3) is 0.250. The van der Waals surface area contributed by atoms with Crippen molar-refractivity contribution in [3.63, 3.8) is 0 Å². The van der Waals surface area contributed by atoms with Gasteiger partial charge in [-0.05, 0) is 55.5 Å². The van der Waals surface area contributed by atoms with Gasteiger partial charge in [-0.3, -0.25) is 20.4 Å². The summed E-state index contributed by atoms with van der Waals surface area (Å²) in [5.41, 5.74) is 7.31. The lowest BCUT2D eigenvalue weighted by Crippen LogP contribution is -2.41. The van der Waals surface area contributed by atoms with Gasteiger partial charge in [-0.1, -0.05) is 24.6 Å². The molecule has 0 saturated carbocycles. The van der Waals surface area contributed by atoms with E-state index >= 15 is 0 Å². The Hall–Kier alpha value is -2.93. The van der Waals surface area contributed by atoms with Crippen LogP contribution in [0.25, 0.3) is 5.69 Å². The summed E-state index contributed by atoms with van der Waals surface area (Å²) in [5, 5.41) is 4.25. The van der Waals surface area contributed by atoms with Gasteiger partial charge in [-0.2, -0.15) is 5.10 Å². The Balaban J connectivity index is 1.38. The van der Waals surface area contributed by atoms with Gasteiger partial charge >= 0.3 is 0 Å². The molecule has 2 amide bonds. The lowest BCUT2D eigenvalue weighted by atomic mass is 10.1. The number of fused-ring (bicyclic) bond motifs is 1. The van der Waals surface area contributed by atoms with E-state index in [1.165, 1.54) is 41.0 Å². The van der Waals surface area contributed by atoms with Crippen molar-refractivity contribution in [2.45, 2.75) is 32.1 Å². The van der Waals surface area contributed by atoms with E-state index in [0.29, 0.717) is 4.88 Å². The lowest BCUT2D eigenvalue weighted by Gasteiger charge is -2.04. The van der Waals surface area contributed by atoms with E-state index in [0.717, 1.165) is 18.5 Å². The Labute approximate surface area is 161 Å². The van der Waals surface area contributed by atoms with Crippen LogP contribution < -0.4 is 10.9 Å². The Morgan fingerprint density at radius 2 is 1.74 bits per heavy atom. The molecule has 6 nitrogen and oxygen atoms in total. The van der Waals surface area contributed by atoms with Gasteiger partial charge in [0.1, 0.15) is 0 Å². The molecule has 0 unspecified atom stereocenters. The van der Waals surface area contributed by atoms with E-state index in [4.69, 9.17) is 0 Å². The van der Waals surface area contributed by atoms with E-state index < -0.39 is 5.91 Å². The number of amides is 2. The highest BCUT2D eigenvalue weighted by atomic mass is 32.1. The number of thiophene rings is 1. The number of hydrogen-bond donors (Lipinski definition) is 2. The molecule has 3 aromatic rings. The molecule has 1 aliphatic carbocycles. The van der Waals surface area contributed by atoms with Crippen LogP contribution in [0.5, 0.6) is 0 Å². The summed E-state index contributed by atoms with van der Waals surface area (Å²) in [6, 6.07) is 13.1. The Bertz CT molecular complexity index is 938. The highest BCUT2D eigenvalue weighted by Gasteiger charge is 2.17. The highest BCUT2D eigenvalue weighted by Crippen LogP contribution is 2.28. The second-order valence-electron chi connectivity index (χ2n) is 6.51. The van der Waals surface area contributed by atoms with E-state index in [1.807, 2.05) is 36.4 Å². The smallest absolute Gasteiger partial charge is 0.266 e. The van der Waals surface area contributed by atoms with Gasteiger partial charge in [0.15, 0.2) is 5.69 Å². The quantitative estimate of drug-likeness (QED) is 0.541. The topological polar surface area (TPSA) is 76.0 Å². The molecule has 0 atom stereocenters. The third-order valence-electron chi connectivity index (χ3n) is 4.60. The number of benzene rings is 1. The maximum atomic E-state index is 12.4. The minimum atomic E-state index is -0.448. The number of rotatable bonds is 3. The first-order valence-electron chi connectivity index (χ1n) is 9.04. The number of carbonyl (C=O) groups is 2. The average Bonchev–Trinajstić information content (AvgIpc) is 3.29.